The molecule has 0 fully saturated rings. The van der Waals surface area contributed by atoms with Crippen molar-refractivity contribution in [3.63, 3.8) is 0 Å². The molecule has 1 N–H and O–H groups in total. The molecular weight excluding hydrogens is 408 g/mol. The lowest BCUT2D eigenvalue weighted by molar-refractivity contribution is -0.135. The van der Waals surface area contributed by atoms with E-state index in [1.54, 1.807) is 23.8 Å². The largest absolute Gasteiger partial charge is 0.497 e. The second kappa shape index (κ2) is 11.7. The maximum absolute atomic E-state index is 12.9. The van der Waals surface area contributed by atoms with Gasteiger partial charge in [0.15, 0.2) is 0 Å². The lowest BCUT2D eigenvalue weighted by Crippen LogP contribution is -2.40. The minimum absolute atomic E-state index is 0.0372. The number of carbonyl (C=O) groups is 2. The van der Waals surface area contributed by atoms with Crippen LogP contribution < -0.4 is 10.1 Å². The molecule has 1 aromatic carbocycles. The maximum Gasteiger partial charge on any atom is 0.245 e. The Labute approximate surface area is 190 Å². The lowest BCUT2D eigenvalue weighted by Gasteiger charge is -2.22. The Bertz CT molecular complexity index is 884. The summed E-state index contributed by atoms with van der Waals surface area (Å²) in [5, 5.41) is 7.67. The molecule has 32 heavy (non-hydrogen) atoms. The summed E-state index contributed by atoms with van der Waals surface area (Å²) in [6.07, 6.45) is 2.14. The Morgan fingerprint density at radius 2 is 1.84 bits per heavy atom. The van der Waals surface area contributed by atoms with Gasteiger partial charge in [-0.2, -0.15) is 5.10 Å². The molecule has 8 heteroatoms. The highest BCUT2D eigenvalue weighted by Crippen LogP contribution is 2.27. The second-order valence-electron chi connectivity index (χ2n) is 8.73. The Morgan fingerprint density at radius 3 is 2.41 bits per heavy atom. The number of hydrogen-bond donors (Lipinski definition) is 1. The zero-order chi connectivity index (χ0) is 23.7. The standard InChI is InChI=1S/C24H36N4O4/c1-7-8-9-23(30)27(14-15-31-5)17-22(29)25-21-16-20(24(2,3)4)26-28(21)18-10-12-19(32-6)13-11-18/h10-13,16H,7-9,14-15,17H2,1-6H3,(H,25,29). The Hall–Kier alpha value is -2.87. The van der Waals surface area contributed by atoms with Crippen LogP contribution in [0.4, 0.5) is 5.82 Å². The van der Waals surface area contributed by atoms with Crippen molar-refractivity contribution in [2.45, 2.75) is 52.4 Å². The van der Waals surface area contributed by atoms with Crippen LogP contribution in [0.1, 0.15) is 52.7 Å². The number of rotatable bonds is 11. The first-order chi connectivity index (χ1) is 15.2. The maximum atomic E-state index is 12.9. The van der Waals surface area contributed by atoms with Crippen LogP contribution in [-0.4, -0.2) is 60.4 Å². The van der Waals surface area contributed by atoms with Gasteiger partial charge in [0.2, 0.25) is 11.8 Å². The minimum Gasteiger partial charge on any atom is -0.497 e. The Balaban J connectivity index is 2.25. The van der Waals surface area contributed by atoms with Crippen LogP contribution in [0.3, 0.4) is 0 Å². The molecule has 2 amide bonds. The van der Waals surface area contributed by atoms with E-state index < -0.39 is 0 Å². The molecule has 2 rings (SSSR count). The molecule has 0 bridgehead atoms. The molecule has 0 atom stereocenters. The summed E-state index contributed by atoms with van der Waals surface area (Å²) in [4.78, 5) is 27.0. The molecule has 1 aromatic heterocycles. The highest BCUT2D eigenvalue weighted by atomic mass is 16.5. The number of hydrogen-bond acceptors (Lipinski definition) is 5. The van der Waals surface area contributed by atoms with Crippen molar-refractivity contribution in [1.29, 1.82) is 0 Å². The molecule has 2 aromatic rings. The van der Waals surface area contributed by atoms with Crippen LogP contribution in [0, 0.1) is 0 Å². The van der Waals surface area contributed by atoms with Crippen molar-refractivity contribution >= 4 is 17.6 Å². The molecule has 1 heterocycles. The van der Waals surface area contributed by atoms with Gasteiger partial charge in [0.1, 0.15) is 11.6 Å². The molecule has 0 aliphatic carbocycles. The van der Waals surface area contributed by atoms with E-state index in [1.807, 2.05) is 37.3 Å². The van der Waals surface area contributed by atoms with Crippen LogP contribution in [0.25, 0.3) is 5.69 Å². The molecular formula is C24H36N4O4. The fourth-order valence-electron chi connectivity index (χ4n) is 3.09. The smallest absolute Gasteiger partial charge is 0.245 e. The number of nitrogens with one attached hydrogen (secondary N) is 1. The molecule has 8 nitrogen and oxygen atoms in total. The molecule has 0 saturated heterocycles. The van der Waals surface area contributed by atoms with Gasteiger partial charge >= 0.3 is 0 Å². The predicted molar refractivity (Wildman–Crippen MR) is 125 cm³/mol. The fourth-order valence-corrected chi connectivity index (χ4v) is 3.09. The third-order valence-corrected chi connectivity index (χ3v) is 5.06. The number of aromatic nitrogens is 2. The number of nitrogens with zero attached hydrogens (tertiary/aromatic N) is 3. The molecule has 176 valence electrons. The number of anilines is 1. The second-order valence-corrected chi connectivity index (χ2v) is 8.73. The molecule has 0 unspecified atom stereocenters. The topological polar surface area (TPSA) is 85.7 Å². The molecule has 0 aliphatic heterocycles. The van der Waals surface area contributed by atoms with E-state index in [9.17, 15) is 9.59 Å². The number of carbonyl (C=O) groups excluding carboxylic acids is 2. The first-order valence-corrected chi connectivity index (χ1v) is 11.0. The first-order valence-electron chi connectivity index (χ1n) is 11.0. The molecule has 0 radical (unpaired) electrons. The third kappa shape index (κ3) is 7.09. The molecule has 0 spiro atoms. The van der Waals surface area contributed by atoms with E-state index in [2.05, 4.69) is 26.1 Å². The Kier molecular flexibility index (Phi) is 9.26. The monoisotopic (exact) mass is 444 g/mol. The van der Waals surface area contributed by atoms with Gasteiger partial charge in [-0.05, 0) is 30.7 Å². The van der Waals surface area contributed by atoms with Gasteiger partial charge in [-0.25, -0.2) is 4.68 Å². The zero-order valence-electron chi connectivity index (χ0n) is 20.1. The van der Waals surface area contributed by atoms with Crippen molar-refractivity contribution in [1.82, 2.24) is 14.7 Å². The SMILES string of the molecule is CCCCC(=O)N(CCOC)CC(=O)Nc1cc(C(C)(C)C)nn1-c1ccc(OC)cc1. The van der Waals surface area contributed by atoms with Crippen LogP contribution in [-0.2, 0) is 19.7 Å². The van der Waals surface area contributed by atoms with Gasteiger partial charge in [-0.1, -0.05) is 34.1 Å². The summed E-state index contributed by atoms with van der Waals surface area (Å²) >= 11 is 0. The van der Waals surface area contributed by atoms with Gasteiger partial charge in [-0.15, -0.1) is 0 Å². The number of benzene rings is 1. The Morgan fingerprint density at radius 1 is 1.16 bits per heavy atom. The third-order valence-electron chi connectivity index (χ3n) is 5.06. The summed E-state index contributed by atoms with van der Waals surface area (Å²) in [7, 11) is 3.19. The van der Waals surface area contributed by atoms with E-state index in [4.69, 9.17) is 14.6 Å². The number of amides is 2. The number of unbranched alkanes of at least 4 members (excludes halogenated alkanes) is 1. The number of ether oxygens (including phenoxy) is 2. The average Bonchev–Trinajstić information content (AvgIpc) is 3.19. The van der Waals surface area contributed by atoms with Crippen LogP contribution in [0.2, 0.25) is 0 Å². The first kappa shape index (κ1) is 25.4. The molecule has 0 saturated carbocycles. The molecule has 0 aliphatic rings. The summed E-state index contributed by atoms with van der Waals surface area (Å²) in [6, 6.07) is 9.33. The van der Waals surface area contributed by atoms with E-state index in [1.165, 1.54) is 0 Å². The fraction of sp³-hybridized carbons (Fsp3) is 0.542. The van der Waals surface area contributed by atoms with Crippen molar-refractivity contribution in [3.8, 4) is 11.4 Å². The van der Waals surface area contributed by atoms with E-state index >= 15 is 0 Å². The van der Waals surface area contributed by atoms with Gasteiger partial charge in [0.05, 0.1) is 31.6 Å². The highest BCUT2D eigenvalue weighted by Gasteiger charge is 2.23. The van der Waals surface area contributed by atoms with Crippen LogP contribution in [0.15, 0.2) is 30.3 Å². The average molecular weight is 445 g/mol. The van der Waals surface area contributed by atoms with Gasteiger partial charge in [0, 0.05) is 31.6 Å². The van der Waals surface area contributed by atoms with E-state index in [0.29, 0.717) is 25.4 Å². The predicted octanol–water partition coefficient (Wildman–Crippen LogP) is 3.78. The highest BCUT2D eigenvalue weighted by molar-refractivity contribution is 5.94. The summed E-state index contributed by atoms with van der Waals surface area (Å²) < 4.78 is 12.1. The van der Waals surface area contributed by atoms with Crippen molar-refractivity contribution in [2.24, 2.45) is 0 Å². The summed E-state index contributed by atoms with van der Waals surface area (Å²) in [5.74, 6) is 0.971. The van der Waals surface area contributed by atoms with Crippen LogP contribution in [0.5, 0.6) is 5.75 Å². The van der Waals surface area contributed by atoms with Crippen molar-refractivity contribution < 1.29 is 19.1 Å². The normalized spacial score (nSPS) is 11.3. The minimum atomic E-state index is -0.277. The summed E-state index contributed by atoms with van der Waals surface area (Å²) in [5.41, 5.74) is 1.45. The summed E-state index contributed by atoms with van der Waals surface area (Å²) in [6.45, 7) is 8.95. The van der Waals surface area contributed by atoms with E-state index in [-0.39, 0.29) is 23.8 Å². The lowest BCUT2D eigenvalue weighted by atomic mass is 9.92. The number of methoxy groups -OCH3 is 2. The van der Waals surface area contributed by atoms with Crippen LogP contribution >= 0.6 is 0 Å². The quantitative estimate of drug-likeness (QED) is 0.570. The van der Waals surface area contributed by atoms with Crippen molar-refractivity contribution in [3.05, 3.63) is 36.0 Å². The van der Waals surface area contributed by atoms with Gasteiger partial charge in [-0.3, -0.25) is 9.59 Å². The van der Waals surface area contributed by atoms with E-state index in [0.717, 1.165) is 30.0 Å². The van der Waals surface area contributed by atoms with Crippen molar-refractivity contribution in [2.75, 3.05) is 39.2 Å². The zero-order valence-corrected chi connectivity index (χ0v) is 20.1. The van der Waals surface area contributed by atoms with Gasteiger partial charge in [0.25, 0.3) is 0 Å². The van der Waals surface area contributed by atoms with Gasteiger partial charge < -0.3 is 19.7 Å².